The van der Waals surface area contributed by atoms with Crippen LogP contribution in [0.25, 0.3) is 22.1 Å². The zero-order chi connectivity index (χ0) is 18.0. The normalized spacial score (nSPS) is 12.0. The van der Waals surface area contributed by atoms with Crippen LogP contribution in [0.1, 0.15) is 12.5 Å². The number of aryl methyl sites for hydroxylation is 1. The van der Waals surface area contributed by atoms with Crippen molar-refractivity contribution in [1.29, 1.82) is 0 Å². The van der Waals surface area contributed by atoms with E-state index in [-0.39, 0.29) is 0 Å². The standard InChI is InChI=1S/C20H18O5/c1-12-9-16(24-13(2)20(22)23-3)19-15(14-7-5-4-6-8-14)11-18(21)25-17(19)10-12/h4-11,13H,1-3H3. The second kappa shape index (κ2) is 6.81. The van der Waals surface area contributed by atoms with Crippen LogP contribution in [0.3, 0.4) is 0 Å². The van der Waals surface area contributed by atoms with Gasteiger partial charge in [-0.1, -0.05) is 30.3 Å². The van der Waals surface area contributed by atoms with Crippen molar-refractivity contribution in [1.82, 2.24) is 0 Å². The number of methoxy groups -OCH3 is 1. The van der Waals surface area contributed by atoms with Gasteiger partial charge in [-0.05, 0) is 37.1 Å². The Morgan fingerprint density at radius 3 is 2.52 bits per heavy atom. The molecule has 0 saturated carbocycles. The molecule has 0 aliphatic carbocycles. The van der Waals surface area contributed by atoms with E-state index in [4.69, 9.17) is 13.9 Å². The van der Waals surface area contributed by atoms with Crippen molar-refractivity contribution >= 4 is 16.9 Å². The Hall–Kier alpha value is -3.08. The van der Waals surface area contributed by atoms with Gasteiger partial charge >= 0.3 is 11.6 Å². The van der Waals surface area contributed by atoms with E-state index >= 15 is 0 Å². The van der Waals surface area contributed by atoms with Crippen LogP contribution in [-0.4, -0.2) is 19.2 Å². The Labute approximate surface area is 144 Å². The van der Waals surface area contributed by atoms with Gasteiger partial charge in [0.25, 0.3) is 0 Å². The number of carbonyl (C=O) groups excluding carboxylic acids is 1. The number of ether oxygens (including phenoxy) is 2. The first-order valence-corrected chi connectivity index (χ1v) is 7.88. The van der Waals surface area contributed by atoms with E-state index in [9.17, 15) is 9.59 Å². The van der Waals surface area contributed by atoms with Gasteiger partial charge in [0, 0.05) is 11.6 Å². The third kappa shape index (κ3) is 3.40. The van der Waals surface area contributed by atoms with Gasteiger partial charge < -0.3 is 13.9 Å². The Balaban J connectivity index is 2.26. The molecule has 3 rings (SSSR count). The van der Waals surface area contributed by atoms with Crippen LogP contribution in [0, 0.1) is 6.92 Å². The molecule has 5 nitrogen and oxygen atoms in total. The number of hydrogen-bond donors (Lipinski definition) is 0. The van der Waals surface area contributed by atoms with E-state index in [1.165, 1.54) is 13.2 Å². The molecule has 0 amide bonds. The molecule has 0 aliphatic rings. The lowest BCUT2D eigenvalue weighted by Crippen LogP contribution is -2.25. The predicted octanol–water partition coefficient (Wildman–Crippen LogP) is 3.71. The average molecular weight is 338 g/mol. The Bertz CT molecular complexity index is 973. The highest BCUT2D eigenvalue weighted by Gasteiger charge is 2.19. The first-order chi connectivity index (χ1) is 12.0. The minimum Gasteiger partial charge on any atom is -0.478 e. The Kier molecular flexibility index (Phi) is 4.57. The third-order valence-electron chi connectivity index (χ3n) is 3.87. The summed E-state index contributed by atoms with van der Waals surface area (Å²) >= 11 is 0. The Morgan fingerprint density at radius 1 is 1.12 bits per heavy atom. The van der Waals surface area contributed by atoms with E-state index in [0.29, 0.717) is 22.3 Å². The van der Waals surface area contributed by atoms with Crippen molar-refractivity contribution in [3.63, 3.8) is 0 Å². The lowest BCUT2D eigenvalue weighted by molar-refractivity contribution is -0.147. The fraction of sp³-hybridized carbons (Fsp3) is 0.200. The highest BCUT2D eigenvalue weighted by molar-refractivity contribution is 5.98. The molecule has 0 saturated heterocycles. The van der Waals surface area contributed by atoms with Crippen LogP contribution in [-0.2, 0) is 9.53 Å². The summed E-state index contributed by atoms with van der Waals surface area (Å²) in [6.07, 6.45) is -0.787. The maximum Gasteiger partial charge on any atom is 0.346 e. The Morgan fingerprint density at radius 2 is 1.84 bits per heavy atom. The lowest BCUT2D eigenvalue weighted by Gasteiger charge is -2.16. The van der Waals surface area contributed by atoms with Gasteiger partial charge in [-0.3, -0.25) is 0 Å². The summed E-state index contributed by atoms with van der Waals surface area (Å²) in [5.41, 5.74) is 2.38. The first kappa shape index (κ1) is 16.8. The van der Waals surface area contributed by atoms with Crippen molar-refractivity contribution in [2.75, 3.05) is 7.11 Å². The maximum absolute atomic E-state index is 12.0. The molecule has 5 heteroatoms. The monoisotopic (exact) mass is 338 g/mol. The molecule has 128 valence electrons. The molecule has 1 unspecified atom stereocenters. The second-order valence-corrected chi connectivity index (χ2v) is 5.76. The summed E-state index contributed by atoms with van der Waals surface area (Å²) in [6.45, 7) is 3.48. The molecule has 0 aliphatic heterocycles. The summed E-state index contributed by atoms with van der Waals surface area (Å²) < 4.78 is 15.9. The molecule has 1 heterocycles. The van der Waals surface area contributed by atoms with Crippen LogP contribution in [0.2, 0.25) is 0 Å². The molecule has 0 radical (unpaired) electrons. The van der Waals surface area contributed by atoms with E-state index in [1.54, 1.807) is 13.0 Å². The molecule has 1 atom stereocenters. The van der Waals surface area contributed by atoms with Crippen LogP contribution in [0.5, 0.6) is 5.75 Å². The van der Waals surface area contributed by atoms with Crippen molar-refractivity contribution in [2.45, 2.75) is 20.0 Å². The summed E-state index contributed by atoms with van der Waals surface area (Å²) in [5, 5.41) is 0.646. The van der Waals surface area contributed by atoms with Gasteiger partial charge in [0.2, 0.25) is 0 Å². The van der Waals surface area contributed by atoms with E-state index < -0.39 is 17.7 Å². The SMILES string of the molecule is COC(=O)C(C)Oc1cc(C)cc2oc(=O)cc(-c3ccccc3)c12. The van der Waals surface area contributed by atoms with Crippen LogP contribution in [0.4, 0.5) is 0 Å². The topological polar surface area (TPSA) is 65.7 Å². The molecule has 2 aromatic carbocycles. The molecule has 0 bridgehead atoms. The minimum absolute atomic E-state index is 0.415. The molecule has 0 fully saturated rings. The minimum atomic E-state index is -0.787. The summed E-state index contributed by atoms with van der Waals surface area (Å²) in [7, 11) is 1.31. The molecular formula is C20H18O5. The number of carbonyl (C=O) groups is 1. The number of hydrogen-bond acceptors (Lipinski definition) is 5. The van der Waals surface area contributed by atoms with Crippen LogP contribution in [0.15, 0.2) is 57.7 Å². The molecule has 25 heavy (non-hydrogen) atoms. The van der Waals surface area contributed by atoms with Crippen molar-refractivity contribution in [3.05, 3.63) is 64.5 Å². The number of fused-ring (bicyclic) bond motifs is 1. The number of esters is 1. The number of benzene rings is 2. The highest BCUT2D eigenvalue weighted by Crippen LogP contribution is 2.35. The van der Waals surface area contributed by atoms with Gasteiger partial charge in [-0.2, -0.15) is 0 Å². The van der Waals surface area contributed by atoms with Crippen molar-refractivity contribution in [2.24, 2.45) is 0 Å². The quantitative estimate of drug-likeness (QED) is 0.536. The number of rotatable bonds is 4. The van der Waals surface area contributed by atoms with Gasteiger partial charge in [0.05, 0.1) is 12.5 Å². The van der Waals surface area contributed by atoms with Crippen LogP contribution >= 0.6 is 0 Å². The zero-order valence-corrected chi connectivity index (χ0v) is 14.2. The largest absolute Gasteiger partial charge is 0.478 e. The first-order valence-electron chi connectivity index (χ1n) is 7.88. The van der Waals surface area contributed by atoms with E-state index in [1.807, 2.05) is 43.3 Å². The van der Waals surface area contributed by atoms with Gasteiger partial charge in [-0.25, -0.2) is 9.59 Å². The summed E-state index contributed by atoms with van der Waals surface area (Å²) in [6, 6.07) is 14.5. The lowest BCUT2D eigenvalue weighted by atomic mass is 10.0. The van der Waals surface area contributed by atoms with Gasteiger partial charge in [0.15, 0.2) is 6.10 Å². The summed E-state index contributed by atoms with van der Waals surface area (Å²) in [4.78, 5) is 23.7. The van der Waals surface area contributed by atoms with Crippen molar-refractivity contribution < 1.29 is 18.7 Å². The summed E-state index contributed by atoms with van der Waals surface area (Å²) in [5.74, 6) is -0.0104. The van der Waals surface area contributed by atoms with Crippen molar-refractivity contribution in [3.8, 4) is 16.9 Å². The molecule has 3 aromatic rings. The van der Waals surface area contributed by atoms with Gasteiger partial charge in [-0.15, -0.1) is 0 Å². The van der Waals surface area contributed by atoms with E-state index in [0.717, 1.165) is 11.1 Å². The molecule has 0 spiro atoms. The van der Waals surface area contributed by atoms with Crippen LogP contribution < -0.4 is 10.4 Å². The third-order valence-corrected chi connectivity index (χ3v) is 3.87. The maximum atomic E-state index is 12.0. The van der Waals surface area contributed by atoms with Gasteiger partial charge in [0.1, 0.15) is 11.3 Å². The fourth-order valence-electron chi connectivity index (χ4n) is 2.74. The molecule has 0 N–H and O–H groups in total. The smallest absolute Gasteiger partial charge is 0.346 e. The average Bonchev–Trinajstić information content (AvgIpc) is 2.60. The second-order valence-electron chi connectivity index (χ2n) is 5.76. The fourth-order valence-corrected chi connectivity index (χ4v) is 2.74. The highest BCUT2D eigenvalue weighted by atomic mass is 16.6. The zero-order valence-electron chi connectivity index (χ0n) is 14.2. The molecular weight excluding hydrogens is 320 g/mol. The predicted molar refractivity (Wildman–Crippen MR) is 94.8 cm³/mol. The molecule has 1 aromatic heterocycles. The van der Waals surface area contributed by atoms with E-state index in [2.05, 4.69) is 0 Å².